The summed E-state index contributed by atoms with van der Waals surface area (Å²) in [6.45, 7) is 5.26. The van der Waals surface area contributed by atoms with E-state index in [2.05, 4.69) is 10.0 Å². The summed E-state index contributed by atoms with van der Waals surface area (Å²) in [7, 11) is -2.23. The zero-order valence-corrected chi connectivity index (χ0v) is 17.6. The van der Waals surface area contributed by atoms with Crippen LogP contribution < -0.4 is 14.8 Å². The van der Waals surface area contributed by atoms with Crippen LogP contribution in [0.5, 0.6) is 5.75 Å². The maximum atomic E-state index is 12.7. The first kappa shape index (κ1) is 20.9. The topological polar surface area (TPSA) is 97.6 Å². The summed E-state index contributed by atoms with van der Waals surface area (Å²) in [4.78, 5) is 12.6. The summed E-state index contributed by atoms with van der Waals surface area (Å²) in [6, 6.07) is 11.7. The van der Waals surface area contributed by atoms with Crippen molar-refractivity contribution in [2.75, 3.05) is 12.4 Å². The highest BCUT2D eigenvalue weighted by Gasteiger charge is 2.25. The number of hydrogen-bond acceptors (Lipinski definition) is 5. The van der Waals surface area contributed by atoms with Gasteiger partial charge < -0.3 is 14.5 Å². The lowest BCUT2D eigenvalue weighted by Gasteiger charge is -2.21. The van der Waals surface area contributed by atoms with Crippen LogP contribution in [-0.2, 0) is 21.2 Å². The van der Waals surface area contributed by atoms with Gasteiger partial charge in [-0.25, -0.2) is 13.1 Å². The van der Waals surface area contributed by atoms with Crippen molar-refractivity contribution in [3.63, 3.8) is 0 Å². The molecule has 1 amide bonds. The van der Waals surface area contributed by atoms with Crippen LogP contribution in [0, 0.1) is 0 Å². The molecule has 1 heterocycles. The molecule has 2 N–H and O–H groups in total. The summed E-state index contributed by atoms with van der Waals surface area (Å²) < 4.78 is 38.7. The molecular formula is C21H24N2O5S. The SMILES string of the molecule is COc1ccc2c(CC(=O)Nc3ccccc3S(=O)(=O)NC(C)(C)C)coc2c1. The van der Waals surface area contributed by atoms with E-state index in [0.29, 0.717) is 16.9 Å². The lowest BCUT2D eigenvalue weighted by atomic mass is 10.1. The zero-order valence-electron chi connectivity index (χ0n) is 16.8. The first-order valence-corrected chi connectivity index (χ1v) is 10.5. The molecule has 0 bridgehead atoms. The molecule has 29 heavy (non-hydrogen) atoms. The fourth-order valence-corrected chi connectivity index (χ4v) is 4.54. The van der Waals surface area contributed by atoms with Crippen molar-refractivity contribution in [2.45, 2.75) is 37.6 Å². The van der Waals surface area contributed by atoms with Crippen molar-refractivity contribution < 1.29 is 22.4 Å². The van der Waals surface area contributed by atoms with E-state index in [9.17, 15) is 13.2 Å². The van der Waals surface area contributed by atoms with Crippen LogP contribution in [0.25, 0.3) is 11.0 Å². The number of hydrogen-bond donors (Lipinski definition) is 2. The zero-order chi connectivity index (χ0) is 21.2. The van der Waals surface area contributed by atoms with E-state index in [4.69, 9.17) is 9.15 Å². The van der Waals surface area contributed by atoms with Crippen molar-refractivity contribution in [1.82, 2.24) is 4.72 Å². The molecule has 0 unspecified atom stereocenters. The average molecular weight is 416 g/mol. The molecule has 0 aliphatic rings. The van der Waals surface area contributed by atoms with Gasteiger partial charge in [0.1, 0.15) is 16.2 Å². The number of anilines is 1. The highest BCUT2D eigenvalue weighted by molar-refractivity contribution is 7.89. The van der Waals surface area contributed by atoms with Gasteiger partial charge in [-0.1, -0.05) is 12.1 Å². The van der Waals surface area contributed by atoms with Gasteiger partial charge in [0.05, 0.1) is 25.5 Å². The van der Waals surface area contributed by atoms with Gasteiger partial charge in [-0.15, -0.1) is 0 Å². The van der Waals surface area contributed by atoms with Crippen LogP contribution in [-0.4, -0.2) is 27.0 Å². The van der Waals surface area contributed by atoms with E-state index in [-0.39, 0.29) is 22.9 Å². The summed E-state index contributed by atoms with van der Waals surface area (Å²) in [5.74, 6) is 0.315. The summed E-state index contributed by atoms with van der Waals surface area (Å²) in [5.41, 5.74) is 0.897. The Labute approximate surface area is 170 Å². The second-order valence-corrected chi connectivity index (χ2v) is 9.35. The molecule has 2 aromatic carbocycles. The van der Waals surface area contributed by atoms with Gasteiger partial charge in [0.25, 0.3) is 0 Å². The van der Waals surface area contributed by atoms with Crippen LogP contribution in [0.2, 0.25) is 0 Å². The molecule has 0 aliphatic carbocycles. The second-order valence-electron chi connectivity index (χ2n) is 7.70. The van der Waals surface area contributed by atoms with Gasteiger partial charge in [0, 0.05) is 22.6 Å². The van der Waals surface area contributed by atoms with Gasteiger partial charge in [0.2, 0.25) is 15.9 Å². The Kier molecular flexibility index (Phi) is 5.68. The van der Waals surface area contributed by atoms with Crippen molar-refractivity contribution in [2.24, 2.45) is 0 Å². The van der Waals surface area contributed by atoms with E-state index in [1.54, 1.807) is 58.2 Å². The molecule has 1 aromatic heterocycles. The molecule has 0 fully saturated rings. The number of furan rings is 1. The van der Waals surface area contributed by atoms with Crippen molar-refractivity contribution in [3.8, 4) is 5.75 Å². The van der Waals surface area contributed by atoms with Crippen molar-refractivity contribution in [3.05, 3.63) is 54.3 Å². The third kappa shape index (κ3) is 4.96. The van der Waals surface area contributed by atoms with E-state index >= 15 is 0 Å². The highest BCUT2D eigenvalue weighted by atomic mass is 32.2. The number of fused-ring (bicyclic) bond motifs is 1. The molecule has 0 spiro atoms. The van der Waals surface area contributed by atoms with Crippen molar-refractivity contribution >= 4 is 32.6 Å². The maximum absolute atomic E-state index is 12.7. The third-order valence-electron chi connectivity index (χ3n) is 4.11. The Morgan fingerprint density at radius 3 is 2.55 bits per heavy atom. The Hall–Kier alpha value is -2.84. The largest absolute Gasteiger partial charge is 0.497 e. The molecule has 8 heteroatoms. The number of rotatable bonds is 6. The molecule has 0 radical (unpaired) electrons. The number of benzene rings is 2. The lowest BCUT2D eigenvalue weighted by molar-refractivity contribution is -0.115. The lowest BCUT2D eigenvalue weighted by Crippen LogP contribution is -2.40. The molecular weight excluding hydrogens is 392 g/mol. The number of nitrogens with one attached hydrogen (secondary N) is 2. The number of carbonyl (C=O) groups is 1. The van der Waals surface area contributed by atoms with Crippen LogP contribution in [0.1, 0.15) is 26.3 Å². The Morgan fingerprint density at radius 2 is 1.86 bits per heavy atom. The van der Waals surface area contributed by atoms with Gasteiger partial charge in [-0.05, 0) is 45.0 Å². The summed E-state index contributed by atoms with van der Waals surface area (Å²) in [5, 5.41) is 3.51. The number of sulfonamides is 1. The molecule has 7 nitrogen and oxygen atoms in total. The Bertz CT molecular complexity index is 1140. The van der Waals surface area contributed by atoms with E-state index < -0.39 is 15.6 Å². The van der Waals surface area contributed by atoms with Crippen LogP contribution in [0.3, 0.4) is 0 Å². The fraction of sp³-hybridized carbons (Fsp3) is 0.286. The molecule has 0 saturated carbocycles. The Balaban J connectivity index is 1.82. The first-order valence-electron chi connectivity index (χ1n) is 9.06. The number of methoxy groups -OCH3 is 1. The number of carbonyl (C=O) groups excluding carboxylic acids is 1. The average Bonchev–Trinajstić information content (AvgIpc) is 3.02. The predicted octanol–water partition coefficient (Wildman–Crippen LogP) is 3.70. The molecule has 3 rings (SSSR count). The molecule has 0 saturated heterocycles. The quantitative estimate of drug-likeness (QED) is 0.639. The Morgan fingerprint density at radius 1 is 1.14 bits per heavy atom. The van der Waals surface area contributed by atoms with Gasteiger partial charge in [-0.3, -0.25) is 4.79 Å². The minimum Gasteiger partial charge on any atom is -0.497 e. The second kappa shape index (κ2) is 7.88. The highest BCUT2D eigenvalue weighted by Crippen LogP contribution is 2.27. The number of amides is 1. The van der Waals surface area contributed by atoms with Gasteiger partial charge in [0.15, 0.2) is 0 Å². The maximum Gasteiger partial charge on any atom is 0.243 e. The predicted molar refractivity (Wildman–Crippen MR) is 112 cm³/mol. The number of para-hydroxylation sites is 1. The molecule has 0 atom stereocenters. The molecule has 154 valence electrons. The first-order chi connectivity index (χ1) is 13.6. The molecule has 0 aliphatic heterocycles. The van der Waals surface area contributed by atoms with E-state index in [1.807, 2.05) is 6.07 Å². The van der Waals surface area contributed by atoms with E-state index in [1.165, 1.54) is 12.3 Å². The molecule has 3 aromatic rings. The van der Waals surface area contributed by atoms with Crippen LogP contribution in [0.15, 0.2) is 58.0 Å². The van der Waals surface area contributed by atoms with Crippen LogP contribution in [0.4, 0.5) is 5.69 Å². The fourth-order valence-electron chi connectivity index (χ4n) is 2.96. The van der Waals surface area contributed by atoms with Crippen LogP contribution >= 0.6 is 0 Å². The third-order valence-corrected chi connectivity index (χ3v) is 5.92. The summed E-state index contributed by atoms with van der Waals surface area (Å²) in [6.07, 6.45) is 1.56. The van der Waals surface area contributed by atoms with Gasteiger partial charge in [-0.2, -0.15) is 0 Å². The smallest absolute Gasteiger partial charge is 0.243 e. The minimum atomic E-state index is -3.80. The van der Waals surface area contributed by atoms with E-state index in [0.717, 1.165) is 5.39 Å². The van der Waals surface area contributed by atoms with Gasteiger partial charge >= 0.3 is 0 Å². The summed E-state index contributed by atoms with van der Waals surface area (Å²) >= 11 is 0. The normalized spacial score (nSPS) is 12.1. The number of ether oxygens (including phenoxy) is 1. The monoisotopic (exact) mass is 416 g/mol. The van der Waals surface area contributed by atoms with Crippen molar-refractivity contribution in [1.29, 1.82) is 0 Å². The standard InChI is InChI=1S/C21H24N2O5S/c1-21(2,3)23-29(25,26)19-8-6-5-7-17(19)22-20(24)11-14-13-28-18-12-15(27-4)9-10-16(14)18/h5-10,12-13,23H,11H2,1-4H3,(H,22,24). The minimum absolute atomic E-state index is 0.0186.